The Kier molecular flexibility index (Phi) is 4.86. The van der Waals surface area contributed by atoms with E-state index >= 15 is 0 Å². The summed E-state index contributed by atoms with van der Waals surface area (Å²) in [6, 6.07) is 15.4. The number of aryl methyl sites for hydroxylation is 1. The van der Waals surface area contributed by atoms with E-state index in [1.54, 1.807) is 19.1 Å². The van der Waals surface area contributed by atoms with Gasteiger partial charge in [0.05, 0.1) is 6.04 Å². The van der Waals surface area contributed by atoms with Gasteiger partial charge in [-0.25, -0.2) is 4.39 Å². The monoisotopic (exact) mass is 363 g/mol. The van der Waals surface area contributed by atoms with Gasteiger partial charge in [-0.05, 0) is 55.2 Å². The van der Waals surface area contributed by atoms with Gasteiger partial charge in [0.2, 0.25) is 11.7 Å². The molecule has 0 N–H and O–H groups in total. The summed E-state index contributed by atoms with van der Waals surface area (Å²) in [4.78, 5) is 6.86. The second kappa shape index (κ2) is 7.45. The van der Waals surface area contributed by atoms with Gasteiger partial charge in [0.1, 0.15) is 5.82 Å². The molecular formula is C22H22FN3O. The first-order valence-electron chi connectivity index (χ1n) is 9.20. The molecule has 4 rings (SSSR count). The maximum Gasteiger partial charge on any atom is 0.244 e. The number of hydrogen-bond donors (Lipinski definition) is 0. The normalized spacial score (nSPS) is 16.2. The van der Waals surface area contributed by atoms with Crippen molar-refractivity contribution in [2.24, 2.45) is 0 Å². The zero-order chi connectivity index (χ0) is 18.8. The van der Waals surface area contributed by atoms with Crippen LogP contribution in [0.4, 0.5) is 4.39 Å². The summed E-state index contributed by atoms with van der Waals surface area (Å²) in [5.41, 5.74) is 4.01. The number of nitrogens with zero attached hydrogens (tertiary/aromatic N) is 3. The third-order valence-electron chi connectivity index (χ3n) is 5.15. The Bertz CT molecular complexity index is 965. The van der Waals surface area contributed by atoms with E-state index in [0.29, 0.717) is 17.3 Å². The van der Waals surface area contributed by atoms with Gasteiger partial charge in [0.15, 0.2) is 0 Å². The summed E-state index contributed by atoms with van der Waals surface area (Å²) >= 11 is 0. The van der Waals surface area contributed by atoms with Crippen LogP contribution in [0.3, 0.4) is 0 Å². The van der Waals surface area contributed by atoms with Gasteiger partial charge in [0, 0.05) is 18.7 Å². The van der Waals surface area contributed by atoms with Crippen LogP contribution in [-0.2, 0) is 0 Å². The molecule has 2 heterocycles. The fraction of sp³-hybridized carbons (Fsp3) is 0.273. The highest BCUT2D eigenvalue weighted by Crippen LogP contribution is 2.28. The maximum absolute atomic E-state index is 13.5. The summed E-state index contributed by atoms with van der Waals surface area (Å²) in [7, 11) is 0. The Morgan fingerprint density at radius 3 is 2.63 bits per heavy atom. The van der Waals surface area contributed by atoms with E-state index in [1.165, 1.54) is 17.2 Å². The van der Waals surface area contributed by atoms with Crippen molar-refractivity contribution in [1.82, 2.24) is 15.0 Å². The van der Waals surface area contributed by atoms with Crippen LogP contribution in [0.1, 0.15) is 36.4 Å². The molecule has 0 radical (unpaired) electrons. The van der Waals surface area contributed by atoms with Gasteiger partial charge in [-0.2, -0.15) is 4.98 Å². The third-order valence-corrected chi connectivity index (χ3v) is 5.15. The Morgan fingerprint density at radius 2 is 1.93 bits per heavy atom. The number of rotatable bonds is 4. The molecule has 1 unspecified atom stereocenters. The lowest BCUT2D eigenvalue weighted by molar-refractivity contribution is 0.189. The average Bonchev–Trinajstić information content (AvgIpc) is 3.20. The third kappa shape index (κ3) is 3.69. The van der Waals surface area contributed by atoms with E-state index in [4.69, 9.17) is 4.52 Å². The molecule has 1 aliphatic rings. The summed E-state index contributed by atoms with van der Waals surface area (Å²) in [6.07, 6.45) is 3.27. The Morgan fingerprint density at radius 1 is 1.11 bits per heavy atom. The van der Waals surface area contributed by atoms with Crippen molar-refractivity contribution < 1.29 is 8.91 Å². The molecule has 4 nitrogen and oxygen atoms in total. The molecule has 27 heavy (non-hydrogen) atoms. The molecule has 3 aromatic rings. The minimum Gasteiger partial charge on any atom is -0.337 e. The Labute approximate surface area is 158 Å². The minimum atomic E-state index is -0.231. The zero-order valence-electron chi connectivity index (χ0n) is 15.5. The highest BCUT2D eigenvalue weighted by atomic mass is 19.1. The van der Waals surface area contributed by atoms with E-state index in [-0.39, 0.29) is 11.9 Å². The van der Waals surface area contributed by atoms with Gasteiger partial charge >= 0.3 is 0 Å². The molecule has 0 spiro atoms. The number of benzene rings is 2. The fourth-order valence-electron chi connectivity index (χ4n) is 3.41. The topological polar surface area (TPSA) is 42.2 Å². The summed E-state index contributed by atoms with van der Waals surface area (Å²) in [5.74, 6) is 0.853. The van der Waals surface area contributed by atoms with E-state index in [0.717, 1.165) is 25.1 Å². The highest BCUT2D eigenvalue weighted by molar-refractivity contribution is 5.66. The predicted octanol–water partition coefficient (Wildman–Crippen LogP) is 5.03. The van der Waals surface area contributed by atoms with Crippen LogP contribution < -0.4 is 0 Å². The number of aromatic nitrogens is 2. The van der Waals surface area contributed by atoms with E-state index in [9.17, 15) is 4.39 Å². The molecule has 5 heteroatoms. The Balaban J connectivity index is 1.48. The van der Waals surface area contributed by atoms with Crippen LogP contribution in [0, 0.1) is 12.7 Å². The SMILES string of the molecule is Cc1cc(-c2noc(C(C)N3CC=C(c4ccccc4)CC3)n2)ccc1F. The first-order chi connectivity index (χ1) is 13.1. The summed E-state index contributed by atoms with van der Waals surface area (Å²) < 4.78 is 19.0. The van der Waals surface area contributed by atoms with Crippen molar-refractivity contribution in [3.63, 3.8) is 0 Å². The molecular weight excluding hydrogens is 341 g/mol. The van der Waals surface area contributed by atoms with Gasteiger partial charge in [-0.1, -0.05) is 41.6 Å². The average molecular weight is 363 g/mol. The molecule has 138 valence electrons. The fourth-order valence-corrected chi connectivity index (χ4v) is 3.41. The molecule has 0 aliphatic carbocycles. The van der Waals surface area contributed by atoms with Crippen LogP contribution in [0.5, 0.6) is 0 Å². The molecule has 2 aromatic carbocycles. The molecule has 0 saturated carbocycles. The second-order valence-corrected chi connectivity index (χ2v) is 6.94. The van der Waals surface area contributed by atoms with Crippen LogP contribution in [0.15, 0.2) is 59.1 Å². The van der Waals surface area contributed by atoms with Crippen LogP contribution >= 0.6 is 0 Å². The molecule has 1 aromatic heterocycles. The van der Waals surface area contributed by atoms with E-state index in [2.05, 4.69) is 52.3 Å². The Hall–Kier alpha value is -2.79. The summed E-state index contributed by atoms with van der Waals surface area (Å²) in [5, 5.41) is 4.09. The second-order valence-electron chi connectivity index (χ2n) is 6.94. The molecule has 0 bridgehead atoms. The summed E-state index contributed by atoms with van der Waals surface area (Å²) in [6.45, 7) is 5.59. The van der Waals surface area contributed by atoms with Crippen molar-refractivity contribution in [2.75, 3.05) is 13.1 Å². The first-order valence-corrected chi connectivity index (χ1v) is 9.20. The molecule has 1 aliphatic heterocycles. The predicted molar refractivity (Wildman–Crippen MR) is 103 cm³/mol. The van der Waals surface area contributed by atoms with Gasteiger partial charge in [-0.15, -0.1) is 0 Å². The van der Waals surface area contributed by atoms with Crippen molar-refractivity contribution in [1.29, 1.82) is 0 Å². The lowest BCUT2D eigenvalue weighted by Gasteiger charge is -2.29. The quantitative estimate of drug-likeness (QED) is 0.652. The zero-order valence-corrected chi connectivity index (χ0v) is 15.5. The molecule has 1 atom stereocenters. The van der Waals surface area contributed by atoms with Crippen molar-refractivity contribution in [3.8, 4) is 11.4 Å². The van der Waals surface area contributed by atoms with Crippen LogP contribution in [-0.4, -0.2) is 28.1 Å². The minimum absolute atomic E-state index is 0.0290. The van der Waals surface area contributed by atoms with E-state index < -0.39 is 0 Å². The van der Waals surface area contributed by atoms with Gasteiger partial charge < -0.3 is 4.52 Å². The smallest absolute Gasteiger partial charge is 0.244 e. The van der Waals surface area contributed by atoms with E-state index in [1.807, 2.05) is 6.07 Å². The van der Waals surface area contributed by atoms with Crippen molar-refractivity contribution >= 4 is 5.57 Å². The first kappa shape index (κ1) is 17.6. The number of halogens is 1. The standard InChI is InChI=1S/C22H22FN3O/c1-15-14-19(8-9-20(15)23)21-24-22(27-25-21)16(2)26-12-10-18(11-13-26)17-6-4-3-5-7-17/h3-10,14,16H,11-13H2,1-2H3. The maximum atomic E-state index is 13.5. The largest absolute Gasteiger partial charge is 0.337 e. The number of hydrogen-bond acceptors (Lipinski definition) is 4. The molecule has 0 saturated heterocycles. The van der Waals surface area contributed by atoms with Crippen molar-refractivity contribution in [2.45, 2.75) is 26.3 Å². The highest BCUT2D eigenvalue weighted by Gasteiger charge is 2.24. The van der Waals surface area contributed by atoms with Crippen LogP contribution in [0.25, 0.3) is 17.0 Å². The lowest BCUT2D eigenvalue weighted by atomic mass is 9.99. The van der Waals surface area contributed by atoms with Crippen molar-refractivity contribution in [3.05, 3.63) is 77.4 Å². The molecule has 0 amide bonds. The molecule has 0 fully saturated rings. The van der Waals surface area contributed by atoms with Crippen LogP contribution in [0.2, 0.25) is 0 Å². The lowest BCUT2D eigenvalue weighted by Crippen LogP contribution is -2.31. The van der Waals surface area contributed by atoms with Gasteiger partial charge in [-0.3, -0.25) is 4.90 Å². The van der Waals surface area contributed by atoms with Gasteiger partial charge in [0.25, 0.3) is 0 Å².